The molecular formula is C23H30N4O6. The Labute approximate surface area is 192 Å². The van der Waals surface area contributed by atoms with Crippen LogP contribution in [-0.2, 0) is 16.1 Å². The monoisotopic (exact) mass is 458 g/mol. The maximum atomic E-state index is 13.3. The molecule has 10 nitrogen and oxygen atoms in total. The standard InChI is InChI=1S/C23H30N4O6/c1-30-12-6-11-26-22(28)16-7-4-5-8-17(16)27(23(26)29)14-20-24-21(25-33-20)15-9-10-18(31-2)19(13-15)32-3/h9-10,13,16-17H,4-8,11-12,14H2,1-3H3. The molecule has 2 heterocycles. The minimum absolute atomic E-state index is 0.0754. The van der Waals surface area contributed by atoms with E-state index in [0.717, 1.165) is 25.7 Å². The van der Waals surface area contributed by atoms with Gasteiger partial charge in [-0.15, -0.1) is 0 Å². The first-order valence-corrected chi connectivity index (χ1v) is 11.2. The molecule has 0 spiro atoms. The van der Waals surface area contributed by atoms with Crippen LogP contribution in [0.5, 0.6) is 11.5 Å². The normalized spacial score (nSPS) is 20.7. The van der Waals surface area contributed by atoms with Crippen LogP contribution in [0.4, 0.5) is 4.79 Å². The average Bonchev–Trinajstić information content (AvgIpc) is 3.32. The second-order valence-corrected chi connectivity index (χ2v) is 8.29. The first kappa shape index (κ1) is 23.0. The summed E-state index contributed by atoms with van der Waals surface area (Å²) in [7, 11) is 4.74. The van der Waals surface area contributed by atoms with E-state index < -0.39 is 0 Å². The third-order valence-corrected chi connectivity index (χ3v) is 6.34. The number of nitrogens with zero attached hydrogens (tertiary/aromatic N) is 4. The molecule has 0 bridgehead atoms. The van der Waals surface area contributed by atoms with E-state index in [-0.39, 0.29) is 30.4 Å². The van der Waals surface area contributed by atoms with Crippen LogP contribution >= 0.6 is 0 Å². The topological polar surface area (TPSA) is 107 Å². The van der Waals surface area contributed by atoms with Gasteiger partial charge in [0.05, 0.1) is 20.1 Å². The summed E-state index contributed by atoms with van der Waals surface area (Å²) in [6.07, 6.45) is 4.16. The molecule has 0 N–H and O–H groups in total. The van der Waals surface area contributed by atoms with Gasteiger partial charge in [-0.1, -0.05) is 18.0 Å². The fraction of sp³-hybridized carbons (Fsp3) is 0.565. The number of fused-ring (bicyclic) bond motifs is 1. The number of aromatic nitrogens is 2. The summed E-state index contributed by atoms with van der Waals surface area (Å²) < 4.78 is 21.2. The number of hydrogen-bond donors (Lipinski definition) is 0. The van der Waals surface area contributed by atoms with Crippen molar-refractivity contribution in [1.82, 2.24) is 19.9 Å². The van der Waals surface area contributed by atoms with E-state index in [1.165, 1.54) is 4.90 Å². The van der Waals surface area contributed by atoms with Crippen molar-refractivity contribution in [2.45, 2.75) is 44.7 Å². The number of urea groups is 1. The van der Waals surface area contributed by atoms with E-state index in [1.54, 1.807) is 38.4 Å². The smallest absolute Gasteiger partial charge is 0.327 e. The van der Waals surface area contributed by atoms with Crippen molar-refractivity contribution in [3.05, 3.63) is 24.1 Å². The van der Waals surface area contributed by atoms with Gasteiger partial charge in [0.1, 0.15) is 6.54 Å². The number of carbonyl (C=O) groups is 2. The molecule has 178 valence electrons. The molecule has 2 fully saturated rings. The molecule has 1 saturated carbocycles. The van der Waals surface area contributed by atoms with Crippen LogP contribution in [0.25, 0.3) is 11.4 Å². The summed E-state index contributed by atoms with van der Waals surface area (Å²) in [5.41, 5.74) is 0.708. The number of benzene rings is 1. The molecule has 1 saturated heterocycles. The van der Waals surface area contributed by atoms with E-state index in [4.69, 9.17) is 18.7 Å². The quantitative estimate of drug-likeness (QED) is 0.528. The van der Waals surface area contributed by atoms with Crippen LogP contribution in [0, 0.1) is 5.92 Å². The number of hydrogen-bond acceptors (Lipinski definition) is 8. The predicted octanol–water partition coefficient (Wildman–Crippen LogP) is 3.11. The van der Waals surface area contributed by atoms with Gasteiger partial charge in [-0.25, -0.2) is 4.79 Å². The van der Waals surface area contributed by atoms with Crippen LogP contribution in [0.3, 0.4) is 0 Å². The van der Waals surface area contributed by atoms with Crippen LogP contribution in [0.15, 0.2) is 22.7 Å². The van der Waals surface area contributed by atoms with E-state index in [1.807, 2.05) is 6.07 Å². The molecule has 4 rings (SSSR count). The van der Waals surface area contributed by atoms with Gasteiger partial charge in [0.25, 0.3) is 0 Å². The number of ether oxygens (including phenoxy) is 3. The van der Waals surface area contributed by atoms with Crippen LogP contribution in [-0.4, -0.2) is 72.4 Å². The van der Waals surface area contributed by atoms with Gasteiger partial charge >= 0.3 is 6.03 Å². The number of carbonyl (C=O) groups excluding carboxylic acids is 2. The first-order valence-electron chi connectivity index (χ1n) is 11.2. The highest BCUT2D eigenvalue weighted by Gasteiger charge is 2.47. The van der Waals surface area contributed by atoms with Gasteiger partial charge < -0.3 is 23.6 Å². The van der Waals surface area contributed by atoms with Crippen LogP contribution < -0.4 is 9.47 Å². The third kappa shape index (κ3) is 4.66. The van der Waals surface area contributed by atoms with Crippen molar-refractivity contribution in [3.8, 4) is 22.9 Å². The number of amides is 3. The van der Waals surface area contributed by atoms with E-state index >= 15 is 0 Å². The molecule has 33 heavy (non-hydrogen) atoms. The third-order valence-electron chi connectivity index (χ3n) is 6.34. The summed E-state index contributed by atoms with van der Waals surface area (Å²) >= 11 is 0. The Hall–Kier alpha value is -3.14. The molecule has 2 atom stereocenters. The van der Waals surface area contributed by atoms with E-state index in [2.05, 4.69) is 10.1 Å². The van der Waals surface area contributed by atoms with Crippen molar-refractivity contribution in [3.63, 3.8) is 0 Å². The molecular weight excluding hydrogens is 428 g/mol. The van der Waals surface area contributed by atoms with Crippen LogP contribution in [0.1, 0.15) is 38.0 Å². The lowest BCUT2D eigenvalue weighted by molar-refractivity contribution is -0.141. The molecule has 1 aromatic carbocycles. The van der Waals surface area contributed by atoms with Crippen molar-refractivity contribution in [2.75, 3.05) is 34.5 Å². The van der Waals surface area contributed by atoms with Gasteiger partial charge in [0, 0.05) is 31.9 Å². The van der Waals surface area contributed by atoms with E-state index in [9.17, 15) is 9.59 Å². The highest BCUT2D eigenvalue weighted by Crippen LogP contribution is 2.36. The molecule has 2 unspecified atom stereocenters. The van der Waals surface area contributed by atoms with Gasteiger partial charge in [-0.05, 0) is 37.5 Å². The first-order chi connectivity index (χ1) is 16.1. The fourth-order valence-corrected chi connectivity index (χ4v) is 4.68. The van der Waals surface area contributed by atoms with E-state index in [0.29, 0.717) is 48.4 Å². The highest BCUT2D eigenvalue weighted by atomic mass is 16.5. The zero-order valence-corrected chi connectivity index (χ0v) is 19.3. The molecule has 1 aromatic heterocycles. The molecule has 10 heteroatoms. The Bertz CT molecular complexity index is 993. The number of imide groups is 1. The number of rotatable bonds is 9. The fourth-order valence-electron chi connectivity index (χ4n) is 4.68. The molecule has 2 aliphatic rings. The lowest BCUT2D eigenvalue weighted by Crippen LogP contribution is -2.62. The molecule has 3 amide bonds. The SMILES string of the molecule is COCCCN1C(=O)C2CCCCC2N(Cc2nc(-c3ccc(OC)c(OC)c3)no2)C1=O. The van der Waals surface area contributed by atoms with Gasteiger partial charge in [-0.2, -0.15) is 4.98 Å². The van der Waals surface area contributed by atoms with Crippen molar-refractivity contribution < 1.29 is 28.3 Å². The summed E-state index contributed by atoms with van der Waals surface area (Å²) in [5.74, 6) is 1.61. The van der Waals surface area contributed by atoms with Gasteiger partial charge in [0.2, 0.25) is 17.6 Å². The Kier molecular flexibility index (Phi) is 7.12. The Morgan fingerprint density at radius 2 is 1.88 bits per heavy atom. The van der Waals surface area contributed by atoms with Gasteiger partial charge in [0.15, 0.2) is 11.5 Å². The molecule has 0 radical (unpaired) electrons. The lowest BCUT2D eigenvalue weighted by atomic mass is 9.81. The summed E-state index contributed by atoms with van der Waals surface area (Å²) in [6, 6.07) is 4.91. The largest absolute Gasteiger partial charge is 0.493 e. The zero-order chi connectivity index (χ0) is 23.4. The summed E-state index contributed by atoms with van der Waals surface area (Å²) in [5, 5.41) is 4.09. The van der Waals surface area contributed by atoms with Crippen molar-refractivity contribution in [1.29, 1.82) is 0 Å². The average molecular weight is 459 g/mol. The Morgan fingerprint density at radius 1 is 1.09 bits per heavy atom. The predicted molar refractivity (Wildman–Crippen MR) is 118 cm³/mol. The summed E-state index contributed by atoms with van der Waals surface area (Å²) in [6.45, 7) is 0.990. The van der Waals surface area contributed by atoms with Gasteiger partial charge in [-0.3, -0.25) is 9.69 Å². The molecule has 2 aromatic rings. The van der Waals surface area contributed by atoms with Crippen LogP contribution in [0.2, 0.25) is 0 Å². The second kappa shape index (κ2) is 10.2. The second-order valence-electron chi connectivity index (χ2n) is 8.29. The minimum atomic E-state index is -0.301. The van der Waals surface area contributed by atoms with Crippen molar-refractivity contribution >= 4 is 11.9 Å². The molecule has 1 aliphatic heterocycles. The maximum Gasteiger partial charge on any atom is 0.327 e. The Balaban J connectivity index is 1.55. The minimum Gasteiger partial charge on any atom is -0.493 e. The number of methoxy groups -OCH3 is 3. The lowest BCUT2D eigenvalue weighted by Gasteiger charge is -2.46. The Morgan fingerprint density at radius 3 is 2.64 bits per heavy atom. The summed E-state index contributed by atoms with van der Waals surface area (Å²) in [4.78, 5) is 33.9. The maximum absolute atomic E-state index is 13.3. The zero-order valence-electron chi connectivity index (χ0n) is 19.3. The highest BCUT2D eigenvalue weighted by molar-refractivity contribution is 5.98. The molecule has 1 aliphatic carbocycles. The van der Waals surface area contributed by atoms with Crippen molar-refractivity contribution in [2.24, 2.45) is 5.92 Å².